The van der Waals surface area contributed by atoms with Crippen molar-refractivity contribution in [1.82, 2.24) is 10.2 Å². The number of anilines is 1. The third-order valence-electron chi connectivity index (χ3n) is 6.66. The third kappa shape index (κ3) is 8.46. The van der Waals surface area contributed by atoms with Crippen molar-refractivity contribution in [3.05, 3.63) is 99.5 Å². The van der Waals surface area contributed by atoms with Gasteiger partial charge in [0, 0.05) is 34.6 Å². The Kier molecular flexibility index (Phi) is 11.0. The Bertz CT molecular complexity index is 1400. The van der Waals surface area contributed by atoms with Crippen LogP contribution < -0.4 is 9.62 Å². The van der Waals surface area contributed by atoms with Crippen LogP contribution in [0, 0.1) is 6.92 Å². The number of rotatable bonds is 12. The summed E-state index contributed by atoms with van der Waals surface area (Å²) in [6.07, 6.45) is 1.95. The molecule has 1 N–H and O–H groups in total. The molecule has 2 amide bonds. The van der Waals surface area contributed by atoms with E-state index in [4.69, 9.17) is 23.2 Å². The number of carbonyl (C=O) groups excluding carboxylic acids is 2. The first-order valence-electron chi connectivity index (χ1n) is 13.0. The summed E-state index contributed by atoms with van der Waals surface area (Å²) in [5.41, 5.74) is 2.60. The molecule has 0 heterocycles. The van der Waals surface area contributed by atoms with E-state index < -0.39 is 28.5 Å². The van der Waals surface area contributed by atoms with E-state index in [1.807, 2.05) is 51.1 Å². The highest BCUT2D eigenvalue weighted by Gasteiger charge is 2.34. The lowest BCUT2D eigenvalue weighted by Gasteiger charge is -2.34. The number of aryl methyl sites for hydroxylation is 1. The fourth-order valence-corrected chi connectivity index (χ4v) is 5.54. The van der Waals surface area contributed by atoms with Crippen LogP contribution in [0.5, 0.6) is 0 Å². The second kappa shape index (κ2) is 14.0. The van der Waals surface area contributed by atoms with E-state index in [9.17, 15) is 18.0 Å². The summed E-state index contributed by atoms with van der Waals surface area (Å²) in [6.45, 7) is 5.13. The molecule has 0 aromatic heterocycles. The highest BCUT2D eigenvalue weighted by Crippen LogP contribution is 2.28. The molecule has 7 nitrogen and oxygen atoms in total. The first kappa shape index (κ1) is 31.5. The maximum atomic E-state index is 14.1. The van der Waals surface area contributed by atoms with E-state index in [2.05, 4.69) is 5.32 Å². The van der Waals surface area contributed by atoms with Crippen molar-refractivity contribution in [3.63, 3.8) is 0 Å². The average molecular weight is 605 g/mol. The number of benzene rings is 3. The first-order valence-corrected chi connectivity index (χ1v) is 15.6. The van der Waals surface area contributed by atoms with Crippen LogP contribution in [-0.2, 0) is 32.6 Å². The second-order valence-corrected chi connectivity index (χ2v) is 12.6. The fourth-order valence-electron chi connectivity index (χ4n) is 4.17. The van der Waals surface area contributed by atoms with E-state index in [1.54, 1.807) is 42.5 Å². The van der Waals surface area contributed by atoms with Crippen LogP contribution in [0.1, 0.15) is 37.0 Å². The van der Waals surface area contributed by atoms with Gasteiger partial charge in [0.05, 0.1) is 11.9 Å². The van der Waals surface area contributed by atoms with Crippen molar-refractivity contribution in [1.29, 1.82) is 0 Å². The highest BCUT2D eigenvalue weighted by atomic mass is 35.5. The zero-order chi connectivity index (χ0) is 29.4. The number of hydrogen-bond acceptors (Lipinski definition) is 4. The lowest BCUT2D eigenvalue weighted by molar-refractivity contribution is -0.140. The van der Waals surface area contributed by atoms with E-state index >= 15 is 0 Å². The van der Waals surface area contributed by atoms with Gasteiger partial charge in [0.2, 0.25) is 21.8 Å². The highest BCUT2D eigenvalue weighted by molar-refractivity contribution is 7.92. The molecule has 0 saturated heterocycles. The quantitative estimate of drug-likeness (QED) is 0.291. The van der Waals surface area contributed by atoms with Gasteiger partial charge in [-0.2, -0.15) is 0 Å². The van der Waals surface area contributed by atoms with Crippen molar-refractivity contribution < 1.29 is 18.0 Å². The number of amides is 2. The van der Waals surface area contributed by atoms with Crippen LogP contribution in [0.15, 0.2) is 72.8 Å². The molecular weight excluding hydrogens is 569 g/mol. The van der Waals surface area contributed by atoms with Crippen molar-refractivity contribution in [2.45, 2.75) is 52.2 Å². The molecule has 0 radical (unpaired) electrons. The standard InChI is InChI=1S/C30H35Cl2N3O4S/c1-5-22(3)33-30(37)28(18-23-10-7-6-8-11-23)34(19-25-26(31)12-9-13-27(25)32)29(36)20-35(40(4,38)39)24-16-14-21(2)15-17-24/h6-17,22,28H,5,18-20H2,1-4H3,(H,33,37). The zero-order valence-electron chi connectivity index (χ0n) is 23.1. The van der Waals surface area contributed by atoms with Crippen molar-refractivity contribution in [2.24, 2.45) is 0 Å². The summed E-state index contributed by atoms with van der Waals surface area (Å²) in [7, 11) is -3.84. The summed E-state index contributed by atoms with van der Waals surface area (Å²) in [6, 6.07) is 20.1. The minimum atomic E-state index is -3.84. The van der Waals surface area contributed by atoms with Gasteiger partial charge in [-0.15, -0.1) is 0 Å². The molecular formula is C30H35Cl2N3O4S. The van der Waals surface area contributed by atoms with Gasteiger partial charge in [-0.05, 0) is 50.1 Å². The average Bonchev–Trinajstić information content (AvgIpc) is 2.91. The normalized spacial score (nSPS) is 12.8. The molecule has 0 aliphatic carbocycles. The Balaban J connectivity index is 2.10. The minimum Gasteiger partial charge on any atom is -0.352 e. The third-order valence-corrected chi connectivity index (χ3v) is 8.51. The van der Waals surface area contributed by atoms with Crippen LogP contribution >= 0.6 is 23.2 Å². The second-order valence-electron chi connectivity index (χ2n) is 9.85. The number of sulfonamides is 1. The molecule has 0 spiro atoms. The maximum Gasteiger partial charge on any atom is 0.244 e. The van der Waals surface area contributed by atoms with E-state index in [0.29, 0.717) is 27.7 Å². The Hall–Kier alpha value is -3.07. The Morgan fingerprint density at radius 1 is 0.925 bits per heavy atom. The first-order chi connectivity index (χ1) is 18.9. The van der Waals surface area contributed by atoms with Crippen LogP contribution in [0.2, 0.25) is 10.0 Å². The van der Waals surface area contributed by atoms with Gasteiger partial charge < -0.3 is 10.2 Å². The SMILES string of the molecule is CCC(C)NC(=O)C(Cc1ccccc1)N(Cc1c(Cl)cccc1Cl)C(=O)CN(c1ccc(C)cc1)S(C)(=O)=O. The minimum absolute atomic E-state index is 0.0890. The summed E-state index contributed by atoms with van der Waals surface area (Å²) in [5, 5.41) is 3.67. The van der Waals surface area contributed by atoms with Gasteiger partial charge >= 0.3 is 0 Å². The summed E-state index contributed by atoms with van der Waals surface area (Å²) >= 11 is 13.0. The van der Waals surface area contributed by atoms with Gasteiger partial charge in [-0.3, -0.25) is 13.9 Å². The van der Waals surface area contributed by atoms with E-state index in [0.717, 1.165) is 21.7 Å². The molecule has 3 rings (SSSR count). The predicted octanol–water partition coefficient (Wildman–Crippen LogP) is 5.62. The molecule has 2 unspecified atom stereocenters. The smallest absolute Gasteiger partial charge is 0.244 e. The summed E-state index contributed by atoms with van der Waals surface area (Å²) < 4.78 is 26.8. The predicted molar refractivity (Wildman–Crippen MR) is 162 cm³/mol. The van der Waals surface area contributed by atoms with Gasteiger partial charge in [0.25, 0.3) is 0 Å². The van der Waals surface area contributed by atoms with Gasteiger partial charge in [-0.25, -0.2) is 8.42 Å². The monoisotopic (exact) mass is 603 g/mol. The molecule has 0 aliphatic rings. The van der Waals surface area contributed by atoms with Crippen LogP contribution in [0.4, 0.5) is 5.69 Å². The molecule has 2 atom stereocenters. The fraction of sp³-hybridized carbons (Fsp3) is 0.333. The van der Waals surface area contributed by atoms with Crippen molar-refractivity contribution in [2.75, 3.05) is 17.1 Å². The lowest BCUT2D eigenvalue weighted by Crippen LogP contribution is -2.54. The van der Waals surface area contributed by atoms with Crippen LogP contribution in [0.3, 0.4) is 0 Å². The van der Waals surface area contributed by atoms with Crippen LogP contribution in [-0.4, -0.2) is 50.0 Å². The van der Waals surface area contributed by atoms with Crippen molar-refractivity contribution >= 4 is 50.7 Å². The van der Waals surface area contributed by atoms with Gasteiger partial charge in [-0.1, -0.05) is 84.2 Å². The number of hydrogen-bond donors (Lipinski definition) is 1. The Labute approximate surface area is 247 Å². The molecule has 0 saturated carbocycles. The van der Waals surface area contributed by atoms with Crippen LogP contribution in [0.25, 0.3) is 0 Å². The summed E-state index contributed by atoms with van der Waals surface area (Å²) in [5.74, 6) is -0.918. The lowest BCUT2D eigenvalue weighted by atomic mass is 10.0. The molecule has 0 aliphatic heterocycles. The van der Waals surface area contributed by atoms with Crippen molar-refractivity contribution in [3.8, 4) is 0 Å². The summed E-state index contributed by atoms with van der Waals surface area (Å²) in [4.78, 5) is 29.2. The molecule has 40 heavy (non-hydrogen) atoms. The number of nitrogens with one attached hydrogen (secondary N) is 1. The maximum absolute atomic E-state index is 14.1. The molecule has 3 aromatic rings. The van der Waals surface area contributed by atoms with Gasteiger partial charge in [0.1, 0.15) is 12.6 Å². The zero-order valence-corrected chi connectivity index (χ0v) is 25.4. The van der Waals surface area contributed by atoms with E-state index in [-0.39, 0.29) is 24.9 Å². The van der Waals surface area contributed by atoms with Gasteiger partial charge in [0.15, 0.2) is 0 Å². The molecule has 3 aromatic carbocycles. The van der Waals surface area contributed by atoms with E-state index in [1.165, 1.54) is 4.90 Å². The number of halogens is 2. The number of carbonyl (C=O) groups is 2. The topological polar surface area (TPSA) is 86.8 Å². The molecule has 10 heteroatoms. The molecule has 0 fully saturated rings. The molecule has 214 valence electrons. The Morgan fingerprint density at radius 2 is 1.52 bits per heavy atom. The number of nitrogens with zero attached hydrogens (tertiary/aromatic N) is 2. The Morgan fingerprint density at radius 3 is 2.08 bits per heavy atom. The largest absolute Gasteiger partial charge is 0.352 e. The molecule has 0 bridgehead atoms.